The van der Waals surface area contributed by atoms with Crippen LogP contribution in [-0.2, 0) is 32.3 Å². The van der Waals surface area contributed by atoms with Crippen LogP contribution in [0.25, 0.3) is 0 Å². The van der Waals surface area contributed by atoms with Crippen LogP contribution in [0.4, 0.5) is 0 Å². The Morgan fingerprint density at radius 1 is 0.509 bits per heavy atom. The molecule has 0 aromatic heterocycles. The lowest BCUT2D eigenvalue weighted by Crippen LogP contribution is -2.33. The van der Waals surface area contributed by atoms with Gasteiger partial charge in [-0.2, -0.15) is 0 Å². The van der Waals surface area contributed by atoms with Crippen molar-refractivity contribution >= 4 is 0 Å². The summed E-state index contributed by atoms with van der Waals surface area (Å²) in [5.41, 5.74) is 8.66. The van der Waals surface area contributed by atoms with Gasteiger partial charge in [0.15, 0.2) is 34.5 Å². The Kier molecular flexibility index (Phi) is 11.1. The number of methoxy groups -OCH3 is 4. The van der Waals surface area contributed by atoms with Gasteiger partial charge in [-0.25, -0.2) is 0 Å². The average Bonchev–Trinajstić information content (AvgIpc) is 3.19. The van der Waals surface area contributed by atoms with E-state index in [1.807, 2.05) is 24.3 Å². The monoisotopic (exact) mass is 714 g/mol. The van der Waals surface area contributed by atoms with Gasteiger partial charge in [0.2, 0.25) is 0 Å². The second-order valence-electron chi connectivity index (χ2n) is 14.0. The van der Waals surface area contributed by atoms with Crippen LogP contribution in [0.2, 0.25) is 0 Å². The van der Waals surface area contributed by atoms with Gasteiger partial charge in [-0.15, -0.1) is 0 Å². The number of nitrogens with zero attached hydrogens (tertiary/aromatic N) is 2. The molecule has 5 aromatic rings. The van der Waals surface area contributed by atoms with Crippen molar-refractivity contribution in [1.29, 1.82) is 0 Å². The van der Waals surface area contributed by atoms with Crippen LogP contribution in [0.5, 0.6) is 40.2 Å². The molecule has 0 aliphatic carbocycles. The van der Waals surface area contributed by atoms with E-state index in [-0.39, 0.29) is 12.1 Å². The zero-order valence-electron chi connectivity index (χ0n) is 31.7. The van der Waals surface area contributed by atoms with Crippen molar-refractivity contribution in [2.75, 3.05) is 55.6 Å². The summed E-state index contributed by atoms with van der Waals surface area (Å²) in [6, 6.07) is 34.0. The molecular formula is C45H50N2O6. The van der Waals surface area contributed by atoms with Crippen LogP contribution in [0.3, 0.4) is 0 Å². The fourth-order valence-electron chi connectivity index (χ4n) is 7.72. The van der Waals surface area contributed by atoms with E-state index in [9.17, 15) is 0 Å². The van der Waals surface area contributed by atoms with Crippen LogP contribution in [-0.4, -0.2) is 65.4 Å². The van der Waals surface area contributed by atoms with Crippen LogP contribution in [0.1, 0.15) is 51.0 Å². The SMILES string of the molecule is COc1cc2c(cc1OC)C(Cc1ccc(Oc3cc(CC4c5cc(OC)c(OC)cc5CCN4C)ccc3OCc3ccccc3)cc1)N(C)CC2. The topological polar surface area (TPSA) is 61.9 Å². The summed E-state index contributed by atoms with van der Waals surface area (Å²) in [6.07, 6.45) is 3.62. The number of likely N-dealkylation sites (N-methyl/N-ethyl adjacent to an activating group) is 2. The van der Waals surface area contributed by atoms with E-state index in [4.69, 9.17) is 28.4 Å². The largest absolute Gasteiger partial charge is 0.493 e. The molecule has 53 heavy (non-hydrogen) atoms. The Labute approximate surface area is 313 Å². The van der Waals surface area contributed by atoms with Crippen molar-refractivity contribution in [2.45, 2.75) is 44.4 Å². The molecule has 8 heteroatoms. The summed E-state index contributed by atoms with van der Waals surface area (Å²) < 4.78 is 35.6. The normalized spacial score (nSPS) is 17.0. The molecular weight excluding hydrogens is 665 g/mol. The van der Waals surface area contributed by atoms with Crippen molar-refractivity contribution < 1.29 is 28.4 Å². The van der Waals surface area contributed by atoms with E-state index in [2.05, 4.69) is 96.7 Å². The molecule has 8 nitrogen and oxygen atoms in total. The highest BCUT2D eigenvalue weighted by atomic mass is 16.5. The molecule has 0 saturated heterocycles. The summed E-state index contributed by atoms with van der Waals surface area (Å²) in [5, 5.41) is 0. The van der Waals surface area contributed by atoms with Crippen molar-refractivity contribution in [3.8, 4) is 40.2 Å². The first kappa shape index (κ1) is 36.2. The van der Waals surface area contributed by atoms with Gasteiger partial charge in [-0.1, -0.05) is 48.5 Å². The number of fused-ring (bicyclic) bond motifs is 2. The minimum atomic E-state index is 0.172. The molecule has 5 aromatic carbocycles. The quantitative estimate of drug-likeness (QED) is 0.120. The Morgan fingerprint density at radius 2 is 1.02 bits per heavy atom. The molecule has 7 rings (SSSR count). The van der Waals surface area contributed by atoms with Gasteiger partial charge in [0.05, 0.1) is 28.4 Å². The molecule has 0 N–H and O–H groups in total. The second-order valence-corrected chi connectivity index (χ2v) is 14.0. The smallest absolute Gasteiger partial charge is 0.169 e. The maximum absolute atomic E-state index is 6.65. The van der Waals surface area contributed by atoms with Gasteiger partial charge in [-0.05, 0) is 127 Å². The lowest BCUT2D eigenvalue weighted by Gasteiger charge is -2.35. The number of hydrogen-bond donors (Lipinski definition) is 0. The summed E-state index contributed by atoms with van der Waals surface area (Å²) in [5.74, 6) is 5.23. The van der Waals surface area contributed by atoms with Crippen molar-refractivity contribution in [3.63, 3.8) is 0 Å². The molecule has 276 valence electrons. The highest BCUT2D eigenvalue weighted by molar-refractivity contribution is 5.52. The molecule has 0 saturated carbocycles. The molecule has 0 radical (unpaired) electrons. The minimum Gasteiger partial charge on any atom is -0.493 e. The predicted molar refractivity (Wildman–Crippen MR) is 208 cm³/mol. The highest BCUT2D eigenvalue weighted by Crippen LogP contribution is 2.42. The van der Waals surface area contributed by atoms with E-state index < -0.39 is 0 Å². The first-order chi connectivity index (χ1) is 25.9. The van der Waals surface area contributed by atoms with Gasteiger partial charge in [0.1, 0.15) is 12.4 Å². The molecule has 2 heterocycles. The summed E-state index contributed by atoms with van der Waals surface area (Å²) in [4.78, 5) is 4.84. The number of rotatable bonds is 13. The maximum Gasteiger partial charge on any atom is 0.169 e. The lowest BCUT2D eigenvalue weighted by molar-refractivity contribution is 0.227. The Hall–Kier alpha value is -5.18. The first-order valence-electron chi connectivity index (χ1n) is 18.3. The van der Waals surface area contributed by atoms with Crippen LogP contribution < -0.4 is 28.4 Å². The Balaban J connectivity index is 1.14. The molecule has 0 fully saturated rings. The Bertz CT molecular complexity index is 2010. The maximum atomic E-state index is 6.65. The van der Waals surface area contributed by atoms with Crippen LogP contribution in [0, 0.1) is 0 Å². The van der Waals surface area contributed by atoms with E-state index in [1.54, 1.807) is 28.4 Å². The average molecular weight is 715 g/mol. The van der Waals surface area contributed by atoms with Gasteiger partial charge in [0.25, 0.3) is 0 Å². The van der Waals surface area contributed by atoms with E-state index in [0.717, 1.165) is 78.6 Å². The molecule has 0 spiro atoms. The Morgan fingerprint density at radius 3 is 1.57 bits per heavy atom. The molecule has 2 aliphatic rings. The third-order valence-electron chi connectivity index (χ3n) is 10.8. The molecule has 0 amide bonds. The van der Waals surface area contributed by atoms with Crippen molar-refractivity contribution in [2.24, 2.45) is 0 Å². The number of hydrogen-bond acceptors (Lipinski definition) is 8. The van der Waals surface area contributed by atoms with Gasteiger partial charge < -0.3 is 28.4 Å². The summed E-state index contributed by atoms with van der Waals surface area (Å²) >= 11 is 0. The third-order valence-corrected chi connectivity index (χ3v) is 10.8. The predicted octanol–water partition coefficient (Wildman–Crippen LogP) is 8.64. The standard InChI is InChI=1S/C45H50N2O6/c1-46-20-18-33-25-41(48-3)43(50-5)27-36(33)38(46)22-30-12-15-35(16-13-30)53-45-24-32(14-17-40(45)52-29-31-10-8-7-9-11-31)23-39-37-28-44(51-6)42(49-4)26-34(37)19-21-47(39)2/h7-17,24-28,38-39H,18-23,29H2,1-6H3. The molecule has 2 aliphatic heterocycles. The van der Waals surface area contributed by atoms with E-state index >= 15 is 0 Å². The van der Waals surface area contributed by atoms with Gasteiger partial charge in [0, 0.05) is 25.2 Å². The van der Waals surface area contributed by atoms with Gasteiger partial charge in [-0.3, -0.25) is 9.80 Å². The first-order valence-corrected chi connectivity index (χ1v) is 18.3. The van der Waals surface area contributed by atoms with Crippen LogP contribution >= 0.6 is 0 Å². The molecule has 2 atom stereocenters. The van der Waals surface area contributed by atoms with Crippen molar-refractivity contribution in [3.05, 3.63) is 136 Å². The lowest BCUT2D eigenvalue weighted by atomic mass is 9.88. The zero-order valence-corrected chi connectivity index (χ0v) is 31.7. The summed E-state index contributed by atoms with van der Waals surface area (Å²) in [6.45, 7) is 2.40. The summed E-state index contributed by atoms with van der Waals surface area (Å²) in [7, 11) is 11.2. The highest BCUT2D eigenvalue weighted by Gasteiger charge is 2.29. The van der Waals surface area contributed by atoms with E-state index in [0.29, 0.717) is 18.1 Å². The third kappa shape index (κ3) is 7.94. The van der Waals surface area contributed by atoms with Gasteiger partial charge >= 0.3 is 0 Å². The number of benzene rings is 5. The molecule has 2 unspecified atom stereocenters. The minimum absolute atomic E-state index is 0.172. The second kappa shape index (κ2) is 16.2. The fourth-order valence-corrected chi connectivity index (χ4v) is 7.72. The number of ether oxygens (including phenoxy) is 6. The van der Waals surface area contributed by atoms with E-state index in [1.165, 1.54) is 27.8 Å². The molecule has 0 bridgehead atoms. The van der Waals surface area contributed by atoms with Crippen molar-refractivity contribution in [1.82, 2.24) is 9.80 Å². The zero-order chi connectivity index (χ0) is 36.9. The fraction of sp³-hybridized carbons (Fsp3) is 0.333. The van der Waals surface area contributed by atoms with Crippen LogP contribution in [0.15, 0.2) is 97.1 Å².